The Balaban J connectivity index is 3.12. The van der Waals surface area contributed by atoms with Crippen molar-refractivity contribution >= 4 is 5.57 Å². The molecule has 120 valence electrons. The predicted molar refractivity (Wildman–Crippen MR) is 100 cm³/mol. The molecule has 0 aromatic heterocycles. The van der Waals surface area contributed by atoms with Crippen molar-refractivity contribution in [2.75, 3.05) is 13.6 Å². The second-order valence-corrected chi connectivity index (χ2v) is 5.95. The molecule has 0 saturated carbocycles. The molecule has 0 unspecified atom stereocenters. The molecule has 1 nitrogen and oxygen atoms in total. The van der Waals surface area contributed by atoms with Gasteiger partial charge in [-0.1, -0.05) is 52.1 Å². The largest absolute Gasteiger partial charge is 0.374 e. The molecule has 0 amide bonds. The average molecular weight is 297 g/mol. The van der Waals surface area contributed by atoms with E-state index in [2.05, 4.69) is 77.1 Å². The minimum atomic E-state index is 1.03. The lowest BCUT2D eigenvalue weighted by Crippen LogP contribution is -2.19. The van der Waals surface area contributed by atoms with Crippen LogP contribution in [0.4, 0.5) is 0 Å². The van der Waals surface area contributed by atoms with Gasteiger partial charge in [-0.15, -0.1) is 0 Å². The fourth-order valence-electron chi connectivity index (χ4n) is 2.76. The summed E-state index contributed by atoms with van der Waals surface area (Å²) in [5.41, 5.74) is 7.37. The highest BCUT2D eigenvalue weighted by Crippen LogP contribution is 2.23. The van der Waals surface area contributed by atoms with E-state index in [0.29, 0.717) is 0 Å². The Labute approximate surface area is 137 Å². The second-order valence-electron chi connectivity index (χ2n) is 5.95. The van der Waals surface area contributed by atoms with Crippen LogP contribution >= 0.6 is 0 Å². The molecule has 0 N–H and O–H groups in total. The fourth-order valence-corrected chi connectivity index (χ4v) is 2.76. The normalized spacial score (nSPS) is 11.4. The molecule has 0 aliphatic rings. The van der Waals surface area contributed by atoms with Crippen molar-refractivity contribution in [3.8, 4) is 0 Å². The Morgan fingerprint density at radius 3 is 2.23 bits per heavy atom. The summed E-state index contributed by atoms with van der Waals surface area (Å²) in [7, 11) is 2.12. The van der Waals surface area contributed by atoms with Gasteiger partial charge in [0.15, 0.2) is 0 Å². The monoisotopic (exact) mass is 297 g/mol. The maximum atomic E-state index is 4.28. The van der Waals surface area contributed by atoms with E-state index < -0.39 is 0 Å². The third-order valence-corrected chi connectivity index (χ3v) is 4.06. The summed E-state index contributed by atoms with van der Waals surface area (Å²) in [6, 6.07) is 6.71. The summed E-state index contributed by atoms with van der Waals surface area (Å²) in [6.07, 6.45) is 5.44. The van der Waals surface area contributed by atoms with Gasteiger partial charge in [-0.3, -0.25) is 0 Å². The van der Waals surface area contributed by atoms with Gasteiger partial charge in [-0.05, 0) is 60.1 Å². The molecule has 1 aromatic rings. The Kier molecular flexibility index (Phi) is 7.17. The summed E-state index contributed by atoms with van der Waals surface area (Å²) in [4.78, 5) is 2.26. The van der Waals surface area contributed by atoms with Gasteiger partial charge in [0.25, 0.3) is 0 Å². The highest BCUT2D eigenvalue weighted by molar-refractivity contribution is 5.74. The summed E-state index contributed by atoms with van der Waals surface area (Å²) >= 11 is 0. The Morgan fingerprint density at radius 1 is 1.09 bits per heavy atom. The minimum absolute atomic E-state index is 1.03. The zero-order valence-electron chi connectivity index (χ0n) is 15.0. The second kappa shape index (κ2) is 8.63. The molecule has 0 fully saturated rings. The van der Waals surface area contributed by atoms with E-state index >= 15 is 0 Å². The molecule has 1 rings (SSSR count). The molecule has 0 bridgehead atoms. The molecule has 0 spiro atoms. The van der Waals surface area contributed by atoms with E-state index in [0.717, 1.165) is 37.0 Å². The number of rotatable bonds is 8. The van der Waals surface area contributed by atoms with E-state index in [1.807, 2.05) is 0 Å². The van der Waals surface area contributed by atoms with Crippen LogP contribution in [0.25, 0.3) is 5.57 Å². The summed E-state index contributed by atoms with van der Waals surface area (Å²) < 4.78 is 0. The summed E-state index contributed by atoms with van der Waals surface area (Å²) in [5.74, 6) is 0. The Bertz CT molecular complexity index is 563. The number of aryl methyl sites for hydroxylation is 2. The first-order valence-electron chi connectivity index (χ1n) is 8.34. The minimum Gasteiger partial charge on any atom is -0.374 e. The Hall–Kier alpha value is -1.76. The molecule has 0 saturated heterocycles. The number of hydrogen-bond donors (Lipinski definition) is 0. The molecule has 22 heavy (non-hydrogen) atoms. The number of benzene rings is 1. The summed E-state index contributed by atoms with van der Waals surface area (Å²) in [6.45, 7) is 18.1. The van der Waals surface area contributed by atoms with E-state index in [-0.39, 0.29) is 0 Å². The van der Waals surface area contributed by atoms with E-state index in [4.69, 9.17) is 0 Å². The highest BCUT2D eigenvalue weighted by Gasteiger charge is 2.08. The predicted octanol–water partition coefficient (Wildman–Crippen LogP) is 5.63. The zero-order valence-corrected chi connectivity index (χ0v) is 15.0. The lowest BCUT2D eigenvalue weighted by Gasteiger charge is -2.23. The maximum Gasteiger partial charge on any atom is 0.0393 e. The van der Waals surface area contributed by atoms with Crippen LogP contribution in [0, 0.1) is 0 Å². The molecule has 0 heterocycles. The molecular weight excluding hydrogens is 266 g/mol. The fraction of sp³-hybridized carbons (Fsp3) is 0.429. The average Bonchev–Trinajstić information content (AvgIpc) is 2.51. The van der Waals surface area contributed by atoms with Gasteiger partial charge in [-0.25, -0.2) is 0 Å². The van der Waals surface area contributed by atoms with Crippen molar-refractivity contribution in [1.82, 2.24) is 4.90 Å². The van der Waals surface area contributed by atoms with E-state index in [1.54, 1.807) is 0 Å². The van der Waals surface area contributed by atoms with Gasteiger partial charge < -0.3 is 4.90 Å². The zero-order chi connectivity index (χ0) is 16.7. The number of likely N-dealkylation sites (N-methyl/N-ethyl adjacent to an activating group) is 1. The van der Waals surface area contributed by atoms with Crippen molar-refractivity contribution in [3.63, 3.8) is 0 Å². The lowest BCUT2D eigenvalue weighted by molar-refractivity contribution is 0.424. The van der Waals surface area contributed by atoms with Crippen LogP contribution in [0.1, 0.15) is 50.8 Å². The number of nitrogens with zero attached hydrogens (tertiary/aromatic N) is 1. The van der Waals surface area contributed by atoms with Crippen molar-refractivity contribution in [2.45, 2.75) is 47.0 Å². The molecule has 0 radical (unpaired) electrons. The van der Waals surface area contributed by atoms with E-state index in [9.17, 15) is 0 Å². The van der Waals surface area contributed by atoms with E-state index in [1.165, 1.54) is 22.4 Å². The topological polar surface area (TPSA) is 3.24 Å². The van der Waals surface area contributed by atoms with Crippen LogP contribution in [-0.4, -0.2) is 18.5 Å². The molecule has 0 atom stereocenters. The molecule has 0 aliphatic heterocycles. The maximum absolute atomic E-state index is 4.28. The van der Waals surface area contributed by atoms with Crippen molar-refractivity contribution in [3.05, 3.63) is 65.4 Å². The smallest absolute Gasteiger partial charge is 0.0393 e. The van der Waals surface area contributed by atoms with Crippen molar-refractivity contribution in [1.29, 1.82) is 0 Å². The Morgan fingerprint density at radius 2 is 1.73 bits per heavy atom. The van der Waals surface area contributed by atoms with Crippen molar-refractivity contribution < 1.29 is 0 Å². The van der Waals surface area contributed by atoms with Gasteiger partial charge in [0.2, 0.25) is 0 Å². The van der Waals surface area contributed by atoms with Crippen LogP contribution in [0.2, 0.25) is 0 Å². The van der Waals surface area contributed by atoms with Gasteiger partial charge in [-0.2, -0.15) is 0 Å². The molecule has 0 aliphatic carbocycles. The van der Waals surface area contributed by atoms with Crippen molar-refractivity contribution in [2.24, 2.45) is 0 Å². The number of allylic oxidation sites excluding steroid dienone is 3. The van der Waals surface area contributed by atoms with Crippen LogP contribution in [-0.2, 0) is 12.8 Å². The quantitative estimate of drug-likeness (QED) is 0.562. The first-order valence-corrected chi connectivity index (χ1v) is 8.34. The first kappa shape index (κ1) is 18.3. The summed E-state index contributed by atoms with van der Waals surface area (Å²) in [5, 5.41) is 0. The van der Waals surface area contributed by atoms with Crippen LogP contribution in [0.3, 0.4) is 0 Å². The first-order chi connectivity index (χ1) is 10.4. The van der Waals surface area contributed by atoms with Crippen LogP contribution in [0.5, 0.6) is 0 Å². The molecular formula is C21H31N. The van der Waals surface area contributed by atoms with Crippen LogP contribution < -0.4 is 0 Å². The van der Waals surface area contributed by atoms with Gasteiger partial charge >= 0.3 is 0 Å². The molecule has 1 heteroatoms. The molecule has 1 aromatic carbocycles. The standard InChI is InChI=1S/C21H31N/c1-8-13-22(7)21(16(4)5)14-17(6)20-12-11-18(9-2)19(10-3)15-20/h11-12,14-15H,4,6,8-10,13H2,1-3,5,7H3/b21-14-. The third kappa shape index (κ3) is 4.62. The van der Waals surface area contributed by atoms with Gasteiger partial charge in [0, 0.05) is 19.3 Å². The SMILES string of the molecule is C=C(C)/C(=C/C(=C)c1ccc(CC)c(CC)c1)N(C)CCC. The number of hydrogen-bond acceptors (Lipinski definition) is 1. The van der Waals surface area contributed by atoms with Gasteiger partial charge in [0.05, 0.1) is 0 Å². The van der Waals surface area contributed by atoms with Gasteiger partial charge in [0.1, 0.15) is 0 Å². The third-order valence-electron chi connectivity index (χ3n) is 4.06. The van der Waals surface area contributed by atoms with Crippen LogP contribution in [0.15, 0.2) is 48.7 Å². The highest BCUT2D eigenvalue weighted by atomic mass is 15.1. The lowest BCUT2D eigenvalue weighted by atomic mass is 9.96.